The molecule has 0 saturated carbocycles. The van der Waals surface area contributed by atoms with Crippen LogP contribution in [0.25, 0.3) is 0 Å². The van der Waals surface area contributed by atoms with Gasteiger partial charge in [0.2, 0.25) is 0 Å². The molecule has 2 rings (SSSR count). The summed E-state index contributed by atoms with van der Waals surface area (Å²) in [4.78, 5) is 7.75. The number of rotatable bonds is 5. The molecule has 0 spiro atoms. The third-order valence-electron chi connectivity index (χ3n) is 4.23. The maximum atomic E-state index is 12.5. The van der Waals surface area contributed by atoms with Crippen molar-refractivity contribution in [2.45, 2.75) is 19.1 Å². The Labute approximate surface area is 178 Å². The van der Waals surface area contributed by atoms with Gasteiger partial charge < -0.3 is 10.2 Å². The van der Waals surface area contributed by atoms with Gasteiger partial charge in [-0.1, -0.05) is 28.1 Å². The van der Waals surface area contributed by atoms with Crippen molar-refractivity contribution in [3.05, 3.63) is 34.3 Å². The summed E-state index contributed by atoms with van der Waals surface area (Å²) in [6.45, 7) is 1.49. The van der Waals surface area contributed by atoms with E-state index in [9.17, 15) is 13.2 Å². The largest absolute Gasteiger partial charge is 0.401 e. The molecule has 1 unspecified atom stereocenters. The first-order valence-corrected chi connectivity index (χ1v) is 9.01. The zero-order valence-electron chi connectivity index (χ0n) is 14.9. The lowest BCUT2D eigenvalue weighted by Crippen LogP contribution is -2.41. The van der Waals surface area contributed by atoms with Crippen LogP contribution in [-0.4, -0.2) is 62.2 Å². The summed E-state index contributed by atoms with van der Waals surface area (Å²) in [5.41, 5.74) is 1.16. The molecule has 0 radical (unpaired) electrons. The van der Waals surface area contributed by atoms with Crippen molar-refractivity contribution in [3.63, 3.8) is 0 Å². The van der Waals surface area contributed by atoms with Crippen LogP contribution < -0.4 is 5.32 Å². The average Bonchev–Trinajstić information content (AvgIpc) is 2.95. The van der Waals surface area contributed by atoms with Gasteiger partial charge in [-0.2, -0.15) is 13.2 Å². The lowest BCUT2D eigenvalue weighted by molar-refractivity contribution is -0.143. The van der Waals surface area contributed by atoms with E-state index >= 15 is 0 Å². The highest BCUT2D eigenvalue weighted by molar-refractivity contribution is 14.0. The van der Waals surface area contributed by atoms with Crippen molar-refractivity contribution in [2.24, 2.45) is 10.9 Å². The smallest absolute Gasteiger partial charge is 0.356 e. The summed E-state index contributed by atoms with van der Waals surface area (Å²) >= 11 is 3.42. The standard InChI is InChI=1S/C17H24BrF3N4.HI/c1-22-16(24(2)10-13-3-5-15(18)6-4-13)23-9-14-7-8-25(11-14)12-17(19,20)21;/h3-6,14H,7-12H2,1-2H3,(H,22,23);1H. The van der Waals surface area contributed by atoms with E-state index < -0.39 is 12.7 Å². The Bertz CT molecular complexity index is 580. The maximum Gasteiger partial charge on any atom is 0.401 e. The van der Waals surface area contributed by atoms with Gasteiger partial charge in [0, 0.05) is 38.2 Å². The highest BCUT2D eigenvalue weighted by Gasteiger charge is 2.34. The molecule has 1 aliphatic rings. The van der Waals surface area contributed by atoms with Crippen LogP contribution in [0.3, 0.4) is 0 Å². The number of hydrogen-bond donors (Lipinski definition) is 1. The number of guanidine groups is 1. The van der Waals surface area contributed by atoms with Crippen LogP contribution in [0.5, 0.6) is 0 Å². The summed E-state index contributed by atoms with van der Waals surface area (Å²) in [5, 5.41) is 3.28. The number of likely N-dealkylation sites (tertiary alicyclic amines) is 1. The Morgan fingerprint density at radius 2 is 2.00 bits per heavy atom. The first-order chi connectivity index (χ1) is 11.8. The van der Waals surface area contributed by atoms with Gasteiger partial charge in [0.1, 0.15) is 0 Å². The average molecular weight is 549 g/mol. The molecule has 1 N–H and O–H groups in total. The van der Waals surface area contributed by atoms with Crippen LogP contribution >= 0.6 is 39.9 Å². The zero-order valence-corrected chi connectivity index (χ0v) is 18.8. The highest BCUT2D eigenvalue weighted by atomic mass is 127. The van der Waals surface area contributed by atoms with E-state index in [-0.39, 0.29) is 29.9 Å². The molecule has 1 atom stereocenters. The molecule has 1 fully saturated rings. The van der Waals surface area contributed by atoms with E-state index in [2.05, 4.69) is 26.2 Å². The topological polar surface area (TPSA) is 30.9 Å². The van der Waals surface area contributed by atoms with Crippen molar-refractivity contribution in [2.75, 3.05) is 40.3 Å². The maximum absolute atomic E-state index is 12.5. The Kier molecular flexibility index (Phi) is 9.67. The summed E-state index contributed by atoms with van der Waals surface area (Å²) in [6, 6.07) is 8.07. The number of nitrogens with one attached hydrogen (secondary N) is 1. The molecular weight excluding hydrogens is 524 g/mol. The van der Waals surface area contributed by atoms with Crippen LogP contribution in [0.15, 0.2) is 33.7 Å². The van der Waals surface area contributed by atoms with Gasteiger partial charge in [-0.15, -0.1) is 24.0 Å². The normalized spacial score (nSPS) is 18.5. The second kappa shape index (κ2) is 10.7. The number of nitrogens with zero attached hydrogens (tertiary/aromatic N) is 3. The Morgan fingerprint density at radius 3 is 2.58 bits per heavy atom. The Balaban J connectivity index is 0.00000338. The van der Waals surface area contributed by atoms with Gasteiger partial charge in [-0.25, -0.2) is 0 Å². The predicted molar refractivity (Wildman–Crippen MR) is 113 cm³/mol. The summed E-state index contributed by atoms with van der Waals surface area (Å²) in [6.07, 6.45) is -3.35. The van der Waals surface area contributed by atoms with E-state index in [0.717, 1.165) is 22.4 Å². The molecule has 9 heteroatoms. The van der Waals surface area contributed by atoms with Crippen LogP contribution in [0.4, 0.5) is 13.2 Å². The molecule has 1 aliphatic heterocycles. The van der Waals surface area contributed by atoms with Gasteiger partial charge in [0.15, 0.2) is 5.96 Å². The van der Waals surface area contributed by atoms with E-state index in [0.29, 0.717) is 26.2 Å². The number of aliphatic imine (C=N–C) groups is 1. The third kappa shape index (κ3) is 7.99. The van der Waals surface area contributed by atoms with E-state index in [1.165, 1.54) is 4.90 Å². The lowest BCUT2D eigenvalue weighted by Gasteiger charge is -2.24. The minimum absolute atomic E-state index is 0. The fourth-order valence-electron chi connectivity index (χ4n) is 3.04. The Morgan fingerprint density at radius 1 is 1.35 bits per heavy atom. The van der Waals surface area contributed by atoms with Gasteiger partial charge in [0.05, 0.1) is 6.54 Å². The number of hydrogen-bond acceptors (Lipinski definition) is 2. The molecule has 148 valence electrons. The van der Waals surface area contributed by atoms with Gasteiger partial charge >= 0.3 is 6.18 Å². The summed E-state index contributed by atoms with van der Waals surface area (Å²) < 4.78 is 38.4. The van der Waals surface area contributed by atoms with Crippen molar-refractivity contribution >= 4 is 45.9 Å². The molecular formula is C17H25BrF3IN4. The molecule has 0 aromatic heterocycles. The molecule has 0 amide bonds. The molecule has 0 bridgehead atoms. The second-order valence-corrected chi connectivity index (χ2v) is 7.33. The first-order valence-electron chi connectivity index (χ1n) is 8.22. The first kappa shape index (κ1) is 23.5. The van der Waals surface area contributed by atoms with Crippen molar-refractivity contribution in [1.82, 2.24) is 15.1 Å². The van der Waals surface area contributed by atoms with Crippen molar-refractivity contribution in [1.29, 1.82) is 0 Å². The molecule has 1 aromatic carbocycles. The zero-order chi connectivity index (χ0) is 18.4. The van der Waals surface area contributed by atoms with Gasteiger partial charge in [-0.3, -0.25) is 9.89 Å². The van der Waals surface area contributed by atoms with E-state index in [4.69, 9.17) is 0 Å². The fourth-order valence-corrected chi connectivity index (χ4v) is 3.30. The summed E-state index contributed by atoms with van der Waals surface area (Å²) in [5.74, 6) is 0.956. The number of halogens is 5. The van der Waals surface area contributed by atoms with Crippen LogP contribution in [0, 0.1) is 5.92 Å². The lowest BCUT2D eigenvalue weighted by atomic mass is 10.1. The van der Waals surface area contributed by atoms with Crippen LogP contribution in [0.2, 0.25) is 0 Å². The number of benzene rings is 1. The van der Waals surface area contributed by atoms with Crippen molar-refractivity contribution in [3.8, 4) is 0 Å². The second-order valence-electron chi connectivity index (χ2n) is 6.42. The van der Waals surface area contributed by atoms with Crippen LogP contribution in [0.1, 0.15) is 12.0 Å². The minimum Gasteiger partial charge on any atom is -0.356 e. The molecule has 1 aromatic rings. The Hall–Kier alpha value is -0.550. The van der Waals surface area contributed by atoms with E-state index in [1.54, 1.807) is 7.05 Å². The predicted octanol–water partition coefficient (Wildman–Crippen LogP) is 3.96. The summed E-state index contributed by atoms with van der Waals surface area (Å²) in [7, 11) is 3.66. The minimum atomic E-state index is -4.12. The van der Waals surface area contributed by atoms with Gasteiger partial charge in [0.25, 0.3) is 0 Å². The monoisotopic (exact) mass is 548 g/mol. The molecule has 1 heterocycles. The van der Waals surface area contributed by atoms with Crippen LogP contribution in [-0.2, 0) is 6.54 Å². The molecule has 4 nitrogen and oxygen atoms in total. The van der Waals surface area contributed by atoms with Gasteiger partial charge in [-0.05, 0) is 36.6 Å². The quantitative estimate of drug-likeness (QED) is 0.343. The highest BCUT2D eigenvalue weighted by Crippen LogP contribution is 2.22. The SMILES string of the molecule is CN=C(NCC1CCN(CC(F)(F)F)C1)N(C)Cc1ccc(Br)cc1.I. The number of alkyl halides is 3. The molecule has 1 saturated heterocycles. The fraction of sp³-hybridized carbons (Fsp3) is 0.588. The van der Waals surface area contributed by atoms with Crippen molar-refractivity contribution < 1.29 is 13.2 Å². The molecule has 26 heavy (non-hydrogen) atoms. The third-order valence-corrected chi connectivity index (χ3v) is 4.76. The van der Waals surface area contributed by atoms with E-state index in [1.807, 2.05) is 36.2 Å². The molecule has 0 aliphatic carbocycles.